The summed E-state index contributed by atoms with van der Waals surface area (Å²) in [6.07, 6.45) is 5.19. The standard InChI is InChI=1S/C24H26N2O3S/c1-28-20-10-6-9-19(22(20)29-2)16-21-23(27)25-24(30-21)26-13-11-18(12-14-26)15-17-7-4-3-5-8-17/h3-10,16,18H,11-15H2,1-2H3/b21-16+. The molecule has 6 heteroatoms. The Morgan fingerprint density at radius 2 is 1.83 bits per heavy atom. The Morgan fingerprint density at radius 1 is 1.07 bits per heavy atom. The van der Waals surface area contributed by atoms with E-state index in [4.69, 9.17) is 9.47 Å². The largest absolute Gasteiger partial charge is 0.493 e. The summed E-state index contributed by atoms with van der Waals surface area (Å²) in [5, 5.41) is 0.811. The number of methoxy groups -OCH3 is 2. The minimum absolute atomic E-state index is 0.189. The molecular weight excluding hydrogens is 396 g/mol. The number of ether oxygens (including phenoxy) is 2. The van der Waals surface area contributed by atoms with Crippen molar-refractivity contribution in [2.45, 2.75) is 19.3 Å². The first-order valence-electron chi connectivity index (χ1n) is 10.2. The molecule has 2 aromatic rings. The van der Waals surface area contributed by atoms with Gasteiger partial charge in [0.05, 0.1) is 19.1 Å². The molecule has 0 atom stereocenters. The maximum Gasteiger partial charge on any atom is 0.286 e. The van der Waals surface area contributed by atoms with Crippen LogP contribution in [0.25, 0.3) is 6.08 Å². The predicted molar refractivity (Wildman–Crippen MR) is 122 cm³/mol. The lowest BCUT2D eigenvalue weighted by Crippen LogP contribution is -2.37. The molecule has 1 amide bonds. The molecular formula is C24H26N2O3S. The topological polar surface area (TPSA) is 51.1 Å². The van der Waals surface area contributed by atoms with Gasteiger partial charge in [0, 0.05) is 18.7 Å². The minimum Gasteiger partial charge on any atom is -0.493 e. The summed E-state index contributed by atoms with van der Waals surface area (Å²) >= 11 is 1.45. The Morgan fingerprint density at radius 3 is 2.53 bits per heavy atom. The number of hydrogen-bond acceptors (Lipinski definition) is 5. The van der Waals surface area contributed by atoms with E-state index >= 15 is 0 Å². The van der Waals surface area contributed by atoms with E-state index in [1.807, 2.05) is 24.3 Å². The second kappa shape index (κ2) is 9.39. The highest BCUT2D eigenvalue weighted by Crippen LogP contribution is 2.37. The molecule has 156 valence electrons. The van der Waals surface area contributed by atoms with Crippen LogP contribution in [0, 0.1) is 5.92 Å². The van der Waals surface area contributed by atoms with Crippen molar-refractivity contribution in [3.63, 3.8) is 0 Å². The summed E-state index contributed by atoms with van der Waals surface area (Å²) in [5.74, 6) is 1.76. The first-order valence-corrected chi connectivity index (χ1v) is 11.0. The molecule has 0 bridgehead atoms. The van der Waals surface area contributed by atoms with Crippen molar-refractivity contribution in [1.82, 2.24) is 4.90 Å². The number of rotatable bonds is 5. The van der Waals surface area contributed by atoms with E-state index in [9.17, 15) is 4.79 Å². The third kappa shape index (κ3) is 4.54. The quantitative estimate of drug-likeness (QED) is 0.658. The van der Waals surface area contributed by atoms with Crippen LogP contribution in [0.5, 0.6) is 11.5 Å². The number of para-hydroxylation sites is 1. The Labute approximate surface area is 181 Å². The van der Waals surface area contributed by atoms with Crippen LogP contribution in [-0.4, -0.2) is 43.3 Å². The molecule has 0 aliphatic carbocycles. The van der Waals surface area contributed by atoms with Crippen LogP contribution in [0.1, 0.15) is 24.0 Å². The summed E-state index contributed by atoms with van der Waals surface area (Å²) in [7, 11) is 3.21. The third-order valence-electron chi connectivity index (χ3n) is 5.58. The zero-order valence-corrected chi connectivity index (χ0v) is 18.2. The molecule has 1 saturated heterocycles. The van der Waals surface area contributed by atoms with Gasteiger partial charge in [0.15, 0.2) is 16.7 Å². The average molecular weight is 423 g/mol. The lowest BCUT2D eigenvalue weighted by molar-refractivity contribution is -0.113. The number of likely N-dealkylation sites (tertiary alicyclic amines) is 1. The number of nitrogens with zero attached hydrogens (tertiary/aromatic N) is 2. The lowest BCUT2D eigenvalue weighted by Gasteiger charge is -2.32. The molecule has 2 heterocycles. The highest BCUT2D eigenvalue weighted by Gasteiger charge is 2.29. The fourth-order valence-electron chi connectivity index (χ4n) is 3.98. The number of amides is 1. The average Bonchev–Trinajstić information content (AvgIpc) is 3.15. The van der Waals surface area contributed by atoms with Gasteiger partial charge in [0.2, 0.25) is 0 Å². The Hall–Kier alpha value is -2.73. The molecule has 2 aliphatic rings. The zero-order chi connectivity index (χ0) is 20.9. The molecule has 0 saturated carbocycles. The van der Waals surface area contributed by atoms with Gasteiger partial charge in [-0.2, -0.15) is 4.99 Å². The number of thioether (sulfide) groups is 1. The summed E-state index contributed by atoms with van der Waals surface area (Å²) in [6.45, 7) is 1.87. The van der Waals surface area contributed by atoms with Crippen LogP contribution in [0.2, 0.25) is 0 Å². The smallest absolute Gasteiger partial charge is 0.286 e. The van der Waals surface area contributed by atoms with Crippen LogP contribution < -0.4 is 9.47 Å². The monoisotopic (exact) mass is 422 g/mol. The first kappa shape index (κ1) is 20.5. The Bertz CT molecular complexity index is 964. The molecule has 0 aromatic heterocycles. The number of amidine groups is 1. The minimum atomic E-state index is -0.189. The van der Waals surface area contributed by atoms with Gasteiger partial charge < -0.3 is 14.4 Å². The predicted octanol–water partition coefficient (Wildman–Crippen LogP) is 4.63. The van der Waals surface area contributed by atoms with E-state index in [-0.39, 0.29) is 5.91 Å². The van der Waals surface area contributed by atoms with Crippen LogP contribution >= 0.6 is 11.8 Å². The van der Waals surface area contributed by atoms with Crippen molar-refractivity contribution in [1.29, 1.82) is 0 Å². The normalized spacial score (nSPS) is 18.6. The summed E-state index contributed by atoms with van der Waals surface area (Å²) in [5.41, 5.74) is 2.21. The molecule has 1 fully saturated rings. The molecule has 4 rings (SSSR count). The molecule has 2 aliphatic heterocycles. The number of benzene rings is 2. The molecule has 0 spiro atoms. The molecule has 30 heavy (non-hydrogen) atoms. The van der Waals surface area contributed by atoms with E-state index in [0.717, 1.165) is 43.1 Å². The highest BCUT2D eigenvalue weighted by atomic mass is 32.2. The van der Waals surface area contributed by atoms with Crippen molar-refractivity contribution in [2.75, 3.05) is 27.3 Å². The van der Waals surface area contributed by atoms with Gasteiger partial charge in [-0.25, -0.2) is 0 Å². The van der Waals surface area contributed by atoms with Crippen molar-refractivity contribution in [3.8, 4) is 11.5 Å². The first-order chi connectivity index (χ1) is 14.7. The van der Waals surface area contributed by atoms with Crippen LogP contribution in [0.15, 0.2) is 58.4 Å². The van der Waals surface area contributed by atoms with Gasteiger partial charge in [-0.3, -0.25) is 4.79 Å². The summed E-state index contributed by atoms with van der Waals surface area (Å²) < 4.78 is 10.8. The number of hydrogen-bond donors (Lipinski definition) is 0. The zero-order valence-electron chi connectivity index (χ0n) is 17.3. The van der Waals surface area contributed by atoms with Crippen LogP contribution in [0.3, 0.4) is 0 Å². The number of aliphatic imine (C=N–C) groups is 1. The van der Waals surface area contributed by atoms with Crippen LogP contribution in [-0.2, 0) is 11.2 Å². The van der Waals surface area contributed by atoms with Gasteiger partial charge in [-0.1, -0.05) is 42.5 Å². The molecule has 2 aromatic carbocycles. The lowest BCUT2D eigenvalue weighted by atomic mass is 9.90. The second-order valence-electron chi connectivity index (χ2n) is 7.51. The van der Waals surface area contributed by atoms with E-state index in [1.54, 1.807) is 14.2 Å². The van der Waals surface area contributed by atoms with Gasteiger partial charge in [-0.15, -0.1) is 0 Å². The van der Waals surface area contributed by atoms with Crippen molar-refractivity contribution >= 4 is 28.9 Å². The van der Waals surface area contributed by atoms with Gasteiger partial charge in [-0.05, 0) is 54.6 Å². The maximum absolute atomic E-state index is 12.5. The van der Waals surface area contributed by atoms with E-state index in [2.05, 4.69) is 40.2 Å². The second-order valence-corrected chi connectivity index (χ2v) is 8.52. The SMILES string of the molecule is COc1cccc(/C=C2/SC(N3CCC(Cc4ccccc4)CC3)=NC2=O)c1OC. The van der Waals surface area contributed by atoms with Gasteiger partial charge in [0.1, 0.15) is 0 Å². The fraction of sp³-hybridized carbons (Fsp3) is 0.333. The van der Waals surface area contributed by atoms with Crippen molar-refractivity contribution in [3.05, 3.63) is 64.6 Å². The number of carbonyl (C=O) groups is 1. The summed E-state index contributed by atoms with van der Waals surface area (Å²) in [6, 6.07) is 16.3. The number of piperidine rings is 1. The molecule has 5 nitrogen and oxygen atoms in total. The third-order valence-corrected chi connectivity index (χ3v) is 6.63. The molecule has 0 N–H and O–H groups in total. The molecule has 0 radical (unpaired) electrons. The molecule has 0 unspecified atom stereocenters. The van der Waals surface area contributed by atoms with Gasteiger partial charge in [0.25, 0.3) is 5.91 Å². The van der Waals surface area contributed by atoms with Gasteiger partial charge >= 0.3 is 0 Å². The Balaban J connectivity index is 1.40. The van der Waals surface area contributed by atoms with E-state index < -0.39 is 0 Å². The van der Waals surface area contributed by atoms with Crippen molar-refractivity contribution in [2.24, 2.45) is 10.9 Å². The maximum atomic E-state index is 12.5. The van der Waals surface area contributed by atoms with E-state index in [1.165, 1.54) is 17.3 Å². The summed E-state index contributed by atoms with van der Waals surface area (Å²) in [4.78, 5) is 19.7. The van der Waals surface area contributed by atoms with E-state index in [0.29, 0.717) is 22.3 Å². The highest BCUT2D eigenvalue weighted by molar-refractivity contribution is 8.18. The number of carbonyl (C=O) groups excluding carboxylic acids is 1. The van der Waals surface area contributed by atoms with Crippen LogP contribution in [0.4, 0.5) is 0 Å². The fourth-order valence-corrected chi connectivity index (χ4v) is 4.93. The Kier molecular flexibility index (Phi) is 6.43. The van der Waals surface area contributed by atoms with Crippen molar-refractivity contribution < 1.29 is 14.3 Å².